The number of amides is 2. The molecule has 3 N–H and O–H groups in total. The molecule has 16 heteroatoms. The Labute approximate surface area is 411 Å². The van der Waals surface area contributed by atoms with E-state index in [0.29, 0.717) is 72.4 Å². The van der Waals surface area contributed by atoms with E-state index in [2.05, 4.69) is 24.9 Å². The summed E-state index contributed by atoms with van der Waals surface area (Å²) in [5.74, 6) is -0.163. The molecule has 4 aliphatic rings. The highest BCUT2D eigenvalue weighted by Crippen LogP contribution is 2.62. The number of fused-ring (bicyclic) bond motifs is 2. The van der Waals surface area contributed by atoms with Crippen molar-refractivity contribution in [2.75, 3.05) is 45.9 Å². The van der Waals surface area contributed by atoms with E-state index in [-0.39, 0.29) is 67.9 Å². The van der Waals surface area contributed by atoms with Gasteiger partial charge < -0.3 is 43.6 Å². The first-order valence-corrected chi connectivity index (χ1v) is 25.0. The fourth-order valence-corrected chi connectivity index (χ4v) is 11.2. The molecule has 6 atom stereocenters. The van der Waals surface area contributed by atoms with E-state index in [1.54, 1.807) is 49.6 Å². The summed E-state index contributed by atoms with van der Waals surface area (Å²) in [7, 11) is 3.04. The lowest BCUT2D eigenvalue weighted by Crippen LogP contribution is -2.70. The number of nitro groups is 1. The number of carbonyl (C=O) groups excluding carboxylic acids is 2. The predicted molar refractivity (Wildman–Crippen MR) is 265 cm³/mol. The number of non-ortho nitro benzene ring substituents is 1. The van der Waals surface area contributed by atoms with Crippen LogP contribution in [-0.4, -0.2) is 90.2 Å². The van der Waals surface area contributed by atoms with E-state index in [4.69, 9.17) is 33.7 Å². The Kier molecular flexibility index (Phi) is 18.3. The number of nitrogens with zero attached hydrogens (tertiary/aromatic N) is 3. The van der Waals surface area contributed by atoms with Gasteiger partial charge in [-0.05, 0) is 110 Å². The van der Waals surface area contributed by atoms with Gasteiger partial charge in [0.25, 0.3) is 5.69 Å². The van der Waals surface area contributed by atoms with Crippen LogP contribution in [-0.2, 0) is 21.0 Å². The molecule has 70 heavy (non-hydrogen) atoms. The molecule has 378 valence electrons. The van der Waals surface area contributed by atoms with Crippen molar-refractivity contribution < 1.29 is 53.2 Å². The van der Waals surface area contributed by atoms with Crippen molar-refractivity contribution in [3.8, 4) is 23.0 Å². The van der Waals surface area contributed by atoms with E-state index in [9.17, 15) is 29.9 Å². The first-order valence-electron chi connectivity index (χ1n) is 25.0. The monoisotopic (exact) mass is 966 g/mol. The minimum absolute atomic E-state index is 0.0188. The standard InChI is InChI=1S/C54H70N4O12/c1-5-27-57(50(61)26-19-36-13-7-8-14-36)49-34-46(56-68-35-37-17-20-39(21-18-37)58(63)64)43-31-38(15-9-11-28-59)42(16-10-12-29-60)51-44-32-41(23-25-47(44)70-54(49,52(43)51)67-30-6-2)69-53(62)55-45-24-22-40(65-3)33-48(45)66-4/h6,17-18,20-25,31-33,36,38,42,49,51-52,59-60H,2,5,7-16,19,26-30,34-35H2,1,3-4H3,(H,55,62)/t38-,42+,49-,51+,52+,54+/m0/s1. The van der Waals surface area contributed by atoms with Gasteiger partial charge in [-0.3, -0.25) is 20.2 Å². The Morgan fingerprint density at radius 1 is 0.971 bits per heavy atom. The molecule has 0 radical (unpaired) electrons. The number of nitro benzene ring substituents is 1. The van der Waals surface area contributed by atoms with Crippen molar-refractivity contribution in [3.63, 3.8) is 0 Å². The van der Waals surface area contributed by atoms with Crippen LogP contribution in [0, 0.1) is 33.8 Å². The molecule has 2 saturated carbocycles. The SMILES string of the molecule is C=CCO[C@@]12Oc3ccc(OC(=O)Nc4ccc(OC)cc4OC)cc3[C@H]3[C@H](CCCCO)[C@@H](CCCCO)C=C(C(=NOCc4ccc([N+](=O)[O-])cc4)C[C@@H]1N(CCC)C(=O)CCC1CCCC1)[C@H]32. The van der Waals surface area contributed by atoms with Crippen molar-refractivity contribution in [2.45, 2.75) is 121 Å². The number of unbranched alkanes of at least 4 members (excludes halogenated alkanes) is 2. The van der Waals surface area contributed by atoms with Gasteiger partial charge in [0, 0.05) is 62.3 Å². The van der Waals surface area contributed by atoms with Crippen molar-refractivity contribution in [2.24, 2.45) is 28.8 Å². The van der Waals surface area contributed by atoms with Crippen LogP contribution in [0.5, 0.6) is 23.0 Å². The molecule has 0 saturated heterocycles. The summed E-state index contributed by atoms with van der Waals surface area (Å²) in [6, 6.07) is 15.9. The molecule has 0 spiro atoms. The maximum absolute atomic E-state index is 14.9. The molecular formula is C54H70N4O12. The van der Waals surface area contributed by atoms with E-state index in [0.717, 1.165) is 56.1 Å². The van der Waals surface area contributed by atoms with Crippen molar-refractivity contribution in [1.29, 1.82) is 0 Å². The molecule has 16 nitrogen and oxygen atoms in total. The molecule has 1 aliphatic heterocycles. The lowest BCUT2D eigenvalue weighted by Gasteiger charge is -2.60. The molecular weight excluding hydrogens is 897 g/mol. The van der Waals surface area contributed by atoms with E-state index in [1.165, 1.54) is 32.1 Å². The number of benzene rings is 3. The zero-order valence-electron chi connectivity index (χ0n) is 40.9. The highest BCUT2D eigenvalue weighted by molar-refractivity contribution is 6.03. The van der Waals surface area contributed by atoms with Gasteiger partial charge in [0.2, 0.25) is 11.7 Å². The summed E-state index contributed by atoms with van der Waals surface area (Å²) >= 11 is 0. The Hall–Kier alpha value is -5.97. The third kappa shape index (κ3) is 12.0. The number of aliphatic hydroxyl groups is 2. The molecule has 3 aromatic carbocycles. The fourth-order valence-electron chi connectivity index (χ4n) is 11.2. The number of anilines is 1. The second kappa shape index (κ2) is 24.7. The fraction of sp³-hybridized carbons (Fsp3) is 0.537. The first-order chi connectivity index (χ1) is 34.1. The number of aliphatic hydroxyl groups excluding tert-OH is 2. The number of methoxy groups -OCH3 is 2. The van der Waals surface area contributed by atoms with E-state index < -0.39 is 28.8 Å². The van der Waals surface area contributed by atoms with Gasteiger partial charge in [-0.1, -0.05) is 62.8 Å². The first kappa shape index (κ1) is 51.9. The Bertz CT molecular complexity index is 2330. The van der Waals surface area contributed by atoms with Crippen LogP contribution in [0.2, 0.25) is 0 Å². The van der Waals surface area contributed by atoms with Crippen LogP contribution in [0.4, 0.5) is 16.2 Å². The number of allylic oxidation sites excluding steroid dienone is 1. The Morgan fingerprint density at radius 3 is 2.40 bits per heavy atom. The zero-order chi connectivity index (χ0) is 49.6. The van der Waals surface area contributed by atoms with Gasteiger partial charge in [-0.2, -0.15) is 0 Å². The second-order valence-corrected chi connectivity index (χ2v) is 18.8. The van der Waals surface area contributed by atoms with Crippen LogP contribution in [0.15, 0.2) is 90.1 Å². The van der Waals surface area contributed by atoms with Crippen molar-refractivity contribution >= 4 is 29.1 Å². The van der Waals surface area contributed by atoms with Gasteiger partial charge in [0.15, 0.2) is 0 Å². The topological polar surface area (TPSA) is 201 Å². The maximum atomic E-state index is 14.9. The quantitative estimate of drug-likeness (QED) is 0.0315. The van der Waals surface area contributed by atoms with Crippen LogP contribution in [0.3, 0.4) is 0 Å². The number of oxime groups is 1. The number of ether oxygens (including phenoxy) is 5. The molecule has 0 aromatic heterocycles. The summed E-state index contributed by atoms with van der Waals surface area (Å²) in [4.78, 5) is 47.7. The number of rotatable bonds is 25. The summed E-state index contributed by atoms with van der Waals surface area (Å²) < 4.78 is 31.4. The molecule has 7 rings (SSSR count). The molecule has 0 bridgehead atoms. The molecule has 3 aliphatic carbocycles. The summed E-state index contributed by atoms with van der Waals surface area (Å²) in [6.45, 7) is 6.80. The summed E-state index contributed by atoms with van der Waals surface area (Å²) in [5.41, 5.74) is 3.34. The largest absolute Gasteiger partial charge is 0.497 e. The zero-order valence-corrected chi connectivity index (χ0v) is 40.9. The normalized spacial score (nSPS) is 23.0. The lowest BCUT2D eigenvalue weighted by molar-refractivity contribution is -0.384. The number of carbonyl (C=O) groups is 2. The summed E-state index contributed by atoms with van der Waals surface area (Å²) in [5, 5.41) is 39.2. The molecule has 0 unspecified atom stereocenters. The molecule has 1 heterocycles. The number of nitrogens with one attached hydrogen (secondary N) is 1. The van der Waals surface area contributed by atoms with Gasteiger partial charge in [-0.15, -0.1) is 6.58 Å². The highest BCUT2D eigenvalue weighted by Gasteiger charge is 2.65. The Balaban J connectivity index is 1.37. The third-order valence-corrected chi connectivity index (χ3v) is 14.5. The average molecular weight is 967 g/mol. The molecule has 2 amide bonds. The van der Waals surface area contributed by atoms with Gasteiger partial charge in [0.1, 0.15) is 35.6 Å². The van der Waals surface area contributed by atoms with Gasteiger partial charge >= 0.3 is 6.09 Å². The van der Waals surface area contributed by atoms with Crippen LogP contribution >= 0.6 is 0 Å². The third-order valence-electron chi connectivity index (χ3n) is 14.5. The minimum atomic E-state index is -1.44. The minimum Gasteiger partial charge on any atom is -0.497 e. The van der Waals surface area contributed by atoms with Gasteiger partial charge in [-0.25, -0.2) is 4.79 Å². The van der Waals surface area contributed by atoms with Gasteiger partial charge in [0.05, 0.1) is 43.1 Å². The van der Waals surface area contributed by atoms with Crippen LogP contribution in [0.1, 0.15) is 114 Å². The van der Waals surface area contributed by atoms with E-state index >= 15 is 0 Å². The molecule has 3 aromatic rings. The Morgan fingerprint density at radius 2 is 1.71 bits per heavy atom. The number of hydrogen-bond acceptors (Lipinski definition) is 13. The van der Waals surface area contributed by atoms with Crippen LogP contribution < -0.4 is 24.3 Å². The van der Waals surface area contributed by atoms with Crippen molar-refractivity contribution in [1.82, 2.24) is 4.90 Å². The van der Waals surface area contributed by atoms with E-state index in [1.807, 2.05) is 17.0 Å². The average Bonchev–Trinajstić information content (AvgIpc) is 3.90. The number of hydrogen-bond donors (Lipinski definition) is 3. The summed E-state index contributed by atoms with van der Waals surface area (Å²) in [6.07, 6.45) is 14.1. The highest BCUT2D eigenvalue weighted by atomic mass is 16.7. The smallest absolute Gasteiger partial charge is 0.417 e. The van der Waals surface area contributed by atoms with Crippen molar-refractivity contribution in [3.05, 3.63) is 106 Å². The second-order valence-electron chi connectivity index (χ2n) is 18.8. The molecule has 2 fully saturated rings. The lowest BCUT2D eigenvalue weighted by atomic mass is 9.55. The van der Waals surface area contributed by atoms with Crippen LogP contribution in [0.25, 0.3) is 0 Å². The predicted octanol–water partition coefficient (Wildman–Crippen LogP) is 10.3. The maximum Gasteiger partial charge on any atom is 0.417 e.